The summed E-state index contributed by atoms with van der Waals surface area (Å²) in [6.07, 6.45) is 3.99. The molecule has 1 aliphatic rings. The molecule has 1 N–H and O–H groups in total. The van der Waals surface area contributed by atoms with Crippen LogP contribution in [0.1, 0.15) is 34.1 Å². The number of thioether (sulfide) groups is 1. The lowest BCUT2D eigenvalue weighted by Crippen LogP contribution is -2.19. The van der Waals surface area contributed by atoms with E-state index in [1.807, 2.05) is 11.8 Å². The monoisotopic (exact) mass is 376 g/mol. The number of aryl methyl sites for hydroxylation is 1. The van der Waals surface area contributed by atoms with Crippen LogP contribution >= 0.6 is 11.8 Å². The summed E-state index contributed by atoms with van der Waals surface area (Å²) in [7, 11) is 1.64. The van der Waals surface area contributed by atoms with Crippen LogP contribution in [0.2, 0.25) is 0 Å². The van der Waals surface area contributed by atoms with Gasteiger partial charge in [-0.1, -0.05) is 0 Å². The topological polar surface area (TPSA) is 95.3 Å². The maximum atomic E-state index is 12.6. The number of anilines is 1. The molecule has 1 fully saturated rings. The number of hydrogen-bond acceptors (Lipinski definition) is 7. The molecule has 3 heterocycles. The van der Waals surface area contributed by atoms with Gasteiger partial charge in [-0.3, -0.25) is 9.48 Å². The molecular formula is C17H20N4O4S. The molecule has 0 spiro atoms. The number of pyridine rings is 1. The normalized spacial score (nSPS) is 16.3. The first-order valence-electron chi connectivity index (χ1n) is 8.29. The van der Waals surface area contributed by atoms with Gasteiger partial charge in [-0.25, -0.2) is 9.78 Å². The predicted molar refractivity (Wildman–Crippen MR) is 97.7 cm³/mol. The van der Waals surface area contributed by atoms with Crippen LogP contribution in [0.15, 0.2) is 24.5 Å². The quantitative estimate of drug-likeness (QED) is 0.772. The van der Waals surface area contributed by atoms with Gasteiger partial charge >= 0.3 is 5.97 Å². The summed E-state index contributed by atoms with van der Waals surface area (Å²) in [5.41, 5.74) is 0.591. The minimum Gasteiger partial charge on any atom is -0.473 e. The first-order chi connectivity index (χ1) is 12.6. The third-order valence-corrected chi connectivity index (χ3v) is 4.97. The van der Waals surface area contributed by atoms with Crippen LogP contribution in [0.4, 0.5) is 5.82 Å². The van der Waals surface area contributed by atoms with E-state index in [1.165, 1.54) is 17.1 Å². The van der Waals surface area contributed by atoms with Gasteiger partial charge in [-0.2, -0.15) is 16.9 Å². The summed E-state index contributed by atoms with van der Waals surface area (Å²) in [6.45, 7) is 1.96. The Morgan fingerprint density at radius 3 is 3.04 bits per heavy atom. The molecule has 0 bridgehead atoms. The van der Waals surface area contributed by atoms with Crippen molar-refractivity contribution in [3.05, 3.63) is 35.7 Å². The lowest BCUT2D eigenvalue weighted by atomic mass is 10.2. The number of carbonyl (C=O) groups is 2. The largest absolute Gasteiger partial charge is 0.473 e. The zero-order chi connectivity index (χ0) is 18.5. The second kappa shape index (κ2) is 8.22. The molecule has 26 heavy (non-hydrogen) atoms. The minimum atomic E-state index is -0.534. The first-order valence-corrected chi connectivity index (χ1v) is 9.45. The van der Waals surface area contributed by atoms with Crippen molar-refractivity contribution in [3.8, 4) is 5.88 Å². The second-order valence-corrected chi connectivity index (χ2v) is 6.84. The highest BCUT2D eigenvalue weighted by atomic mass is 32.2. The van der Waals surface area contributed by atoms with E-state index in [-0.39, 0.29) is 30.0 Å². The Kier molecular flexibility index (Phi) is 5.77. The molecule has 8 nitrogen and oxygen atoms in total. The van der Waals surface area contributed by atoms with E-state index in [0.717, 1.165) is 17.9 Å². The number of nitrogens with one attached hydrogen (secondary N) is 1. The summed E-state index contributed by atoms with van der Waals surface area (Å²) >= 11 is 1.84. The maximum absolute atomic E-state index is 12.6. The fourth-order valence-electron chi connectivity index (χ4n) is 2.52. The number of nitrogens with zero attached hydrogens (tertiary/aromatic N) is 3. The molecule has 2 aromatic heterocycles. The average molecular weight is 376 g/mol. The molecule has 0 radical (unpaired) electrons. The molecular weight excluding hydrogens is 356 g/mol. The highest BCUT2D eigenvalue weighted by Gasteiger charge is 2.21. The number of hydrogen-bond donors (Lipinski definition) is 1. The van der Waals surface area contributed by atoms with E-state index < -0.39 is 5.97 Å². The fraction of sp³-hybridized carbons (Fsp3) is 0.412. The van der Waals surface area contributed by atoms with Gasteiger partial charge in [-0.15, -0.1) is 0 Å². The van der Waals surface area contributed by atoms with Crippen LogP contribution < -0.4 is 10.1 Å². The Balaban J connectivity index is 1.74. The summed E-state index contributed by atoms with van der Waals surface area (Å²) < 4.78 is 12.2. The van der Waals surface area contributed by atoms with Gasteiger partial charge in [0, 0.05) is 30.6 Å². The van der Waals surface area contributed by atoms with E-state index in [4.69, 9.17) is 9.47 Å². The summed E-state index contributed by atoms with van der Waals surface area (Å²) in [5, 5.41) is 6.72. The number of rotatable bonds is 6. The van der Waals surface area contributed by atoms with Crippen LogP contribution in [0.5, 0.6) is 5.88 Å². The molecule has 1 aliphatic heterocycles. The summed E-state index contributed by atoms with van der Waals surface area (Å²) in [4.78, 5) is 28.7. The van der Waals surface area contributed by atoms with E-state index in [9.17, 15) is 9.59 Å². The molecule has 1 amide bonds. The molecule has 0 saturated carbocycles. The van der Waals surface area contributed by atoms with Gasteiger partial charge in [0.1, 0.15) is 17.5 Å². The van der Waals surface area contributed by atoms with Gasteiger partial charge in [0.25, 0.3) is 5.91 Å². The fourth-order valence-corrected chi connectivity index (χ4v) is 3.61. The van der Waals surface area contributed by atoms with Crippen molar-refractivity contribution in [3.63, 3.8) is 0 Å². The average Bonchev–Trinajstić information content (AvgIpc) is 3.26. The van der Waals surface area contributed by atoms with Crippen LogP contribution in [0.25, 0.3) is 0 Å². The minimum absolute atomic E-state index is 0.123. The SMILES string of the molecule is CCOC(=O)c1cnn(C)c1NC(=O)c1ccnc(OC2CCSC2)c1. The lowest BCUT2D eigenvalue weighted by Gasteiger charge is -2.12. The Morgan fingerprint density at radius 2 is 2.31 bits per heavy atom. The highest BCUT2D eigenvalue weighted by molar-refractivity contribution is 7.99. The van der Waals surface area contributed by atoms with E-state index in [1.54, 1.807) is 26.1 Å². The van der Waals surface area contributed by atoms with Gasteiger partial charge in [0.2, 0.25) is 5.88 Å². The highest BCUT2D eigenvalue weighted by Crippen LogP contribution is 2.23. The van der Waals surface area contributed by atoms with E-state index in [0.29, 0.717) is 11.4 Å². The van der Waals surface area contributed by atoms with E-state index >= 15 is 0 Å². The zero-order valence-electron chi connectivity index (χ0n) is 14.6. The first kappa shape index (κ1) is 18.2. The summed E-state index contributed by atoms with van der Waals surface area (Å²) in [6, 6.07) is 3.19. The lowest BCUT2D eigenvalue weighted by molar-refractivity contribution is 0.0527. The van der Waals surface area contributed by atoms with Gasteiger partial charge in [0.15, 0.2) is 0 Å². The standard InChI is InChI=1S/C17H20N4O4S/c1-3-24-17(23)13-9-19-21(2)15(13)20-16(22)11-4-6-18-14(8-11)25-12-5-7-26-10-12/h4,6,8-9,12H,3,5,7,10H2,1-2H3,(H,20,22). The molecule has 0 aromatic carbocycles. The van der Waals surface area contributed by atoms with Crippen LogP contribution in [-0.4, -0.2) is 50.9 Å². The van der Waals surface area contributed by atoms with Gasteiger partial charge in [-0.05, 0) is 25.2 Å². The maximum Gasteiger partial charge on any atom is 0.343 e. The van der Waals surface area contributed by atoms with Crippen LogP contribution in [0, 0.1) is 0 Å². The third-order valence-electron chi connectivity index (χ3n) is 3.84. The smallest absolute Gasteiger partial charge is 0.343 e. The number of ether oxygens (including phenoxy) is 2. The zero-order valence-corrected chi connectivity index (χ0v) is 15.4. The third kappa shape index (κ3) is 4.16. The molecule has 3 rings (SSSR count). The Bertz CT molecular complexity index is 802. The number of carbonyl (C=O) groups excluding carboxylic acids is 2. The second-order valence-electron chi connectivity index (χ2n) is 5.69. The van der Waals surface area contributed by atoms with Gasteiger partial charge < -0.3 is 14.8 Å². The summed E-state index contributed by atoms with van der Waals surface area (Å²) in [5.74, 6) is 1.78. The van der Waals surface area contributed by atoms with Crippen molar-refractivity contribution in [2.24, 2.45) is 7.05 Å². The van der Waals surface area contributed by atoms with Crippen molar-refractivity contribution in [2.45, 2.75) is 19.4 Å². The van der Waals surface area contributed by atoms with Crippen molar-refractivity contribution >= 4 is 29.5 Å². The van der Waals surface area contributed by atoms with Crippen molar-refractivity contribution < 1.29 is 19.1 Å². The number of aromatic nitrogens is 3. The van der Waals surface area contributed by atoms with Crippen LogP contribution in [0.3, 0.4) is 0 Å². The molecule has 9 heteroatoms. The van der Waals surface area contributed by atoms with Crippen LogP contribution in [-0.2, 0) is 11.8 Å². The van der Waals surface area contributed by atoms with Crippen molar-refractivity contribution in [1.29, 1.82) is 0 Å². The predicted octanol–water partition coefficient (Wildman–Crippen LogP) is 2.13. The molecule has 1 saturated heterocycles. The number of esters is 1. The molecule has 1 atom stereocenters. The molecule has 0 aliphatic carbocycles. The van der Waals surface area contributed by atoms with Gasteiger partial charge in [0.05, 0.1) is 12.8 Å². The molecule has 2 aromatic rings. The van der Waals surface area contributed by atoms with Crippen molar-refractivity contribution in [1.82, 2.24) is 14.8 Å². The van der Waals surface area contributed by atoms with Crippen molar-refractivity contribution in [2.75, 3.05) is 23.4 Å². The Hall–Kier alpha value is -2.55. The molecule has 1 unspecified atom stereocenters. The Morgan fingerprint density at radius 1 is 1.46 bits per heavy atom. The Labute approximate surface area is 155 Å². The number of amides is 1. The van der Waals surface area contributed by atoms with E-state index in [2.05, 4.69) is 15.4 Å². The molecule has 138 valence electrons.